The maximum Gasteiger partial charge on any atom is 0.334 e. The maximum atomic E-state index is 11.5. The van der Waals surface area contributed by atoms with Gasteiger partial charge in [0.05, 0.1) is 6.61 Å². The Labute approximate surface area is 108 Å². The third-order valence-electron chi connectivity index (χ3n) is 2.02. The van der Waals surface area contributed by atoms with E-state index in [-0.39, 0.29) is 5.97 Å². The highest BCUT2D eigenvalue weighted by molar-refractivity contribution is 9.15. The van der Waals surface area contributed by atoms with Crippen molar-refractivity contribution >= 4 is 38.0 Å². The monoisotopic (exact) mass is 302 g/mol. The summed E-state index contributed by atoms with van der Waals surface area (Å²) in [5, 5.41) is 0.595. The molecule has 4 heteroatoms. The Morgan fingerprint density at radius 1 is 1.44 bits per heavy atom. The predicted molar refractivity (Wildman–Crippen MR) is 69.6 cm³/mol. The molecule has 0 amide bonds. The van der Waals surface area contributed by atoms with E-state index in [1.54, 1.807) is 19.9 Å². The minimum Gasteiger partial charge on any atom is -0.463 e. The molecule has 0 heterocycles. The first kappa shape index (κ1) is 13.3. The molecule has 1 aromatic rings. The highest BCUT2D eigenvalue weighted by Gasteiger charge is 2.13. The van der Waals surface area contributed by atoms with Crippen LogP contribution >= 0.6 is 27.5 Å². The average molecular weight is 304 g/mol. The number of carbonyl (C=O) groups is 1. The molecule has 2 nitrogen and oxygen atoms in total. The molecular formula is C12H12BrClO2. The van der Waals surface area contributed by atoms with Crippen molar-refractivity contribution in [3.05, 3.63) is 40.4 Å². The number of benzene rings is 1. The largest absolute Gasteiger partial charge is 0.463 e. The topological polar surface area (TPSA) is 26.3 Å². The molecule has 86 valence electrons. The Hall–Kier alpha value is -0.800. The lowest BCUT2D eigenvalue weighted by Gasteiger charge is -2.07. The van der Waals surface area contributed by atoms with Gasteiger partial charge in [0.2, 0.25) is 0 Å². The molecule has 0 aliphatic rings. The Morgan fingerprint density at radius 3 is 2.62 bits per heavy atom. The van der Waals surface area contributed by atoms with E-state index in [9.17, 15) is 4.79 Å². The summed E-state index contributed by atoms with van der Waals surface area (Å²) in [7, 11) is 0. The van der Waals surface area contributed by atoms with Crippen molar-refractivity contribution in [2.75, 3.05) is 6.61 Å². The number of hydrogen-bond donors (Lipinski definition) is 0. The van der Waals surface area contributed by atoms with E-state index in [0.29, 0.717) is 21.7 Å². The quantitative estimate of drug-likeness (QED) is 0.622. The second-order valence-corrected chi connectivity index (χ2v) is 4.34. The van der Waals surface area contributed by atoms with Crippen molar-refractivity contribution < 1.29 is 9.53 Å². The van der Waals surface area contributed by atoms with Crippen molar-refractivity contribution in [1.29, 1.82) is 0 Å². The average Bonchev–Trinajstić information content (AvgIpc) is 2.28. The third kappa shape index (κ3) is 3.09. The van der Waals surface area contributed by atoms with Crippen LogP contribution in [0.25, 0.3) is 4.48 Å². The SMILES string of the molecule is CCOC(=O)/C(C)=C(/Br)c1ccccc1Cl. The lowest BCUT2D eigenvalue weighted by molar-refractivity contribution is -0.138. The van der Waals surface area contributed by atoms with Crippen molar-refractivity contribution in [3.63, 3.8) is 0 Å². The smallest absolute Gasteiger partial charge is 0.334 e. The molecule has 0 aliphatic carbocycles. The van der Waals surface area contributed by atoms with Gasteiger partial charge in [-0.05, 0) is 35.8 Å². The molecule has 0 unspecified atom stereocenters. The summed E-state index contributed by atoms with van der Waals surface area (Å²) < 4.78 is 5.58. The van der Waals surface area contributed by atoms with Gasteiger partial charge >= 0.3 is 5.97 Å². The van der Waals surface area contributed by atoms with E-state index in [2.05, 4.69) is 15.9 Å². The van der Waals surface area contributed by atoms with Gasteiger partial charge in [-0.1, -0.05) is 29.8 Å². The Morgan fingerprint density at radius 2 is 2.06 bits per heavy atom. The summed E-state index contributed by atoms with van der Waals surface area (Å²) >= 11 is 9.40. The molecule has 0 radical (unpaired) electrons. The van der Waals surface area contributed by atoms with Gasteiger partial charge in [-0.15, -0.1) is 0 Å². The minimum absolute atomic E-state index is 0.339. The van der Waals surface area contributed by atoms with Gasteiger partial charge < -0.3 is 4.74 Å². The Balaban J connectivity index is 3.09. The molecule has 0 saturated heterocycles. The maximum absolute atomic E-state index is 11.5. The molecule has 0 aromatic heterocycles. The lowest BCUT2D eigenvalue weighted by Crippen LogP contribution is -2.06. The van der Waals surface area contributed by atoms with Crippen LogP contribution in [0.2, 0.25) is 5.02 Å². The van der Waals surface area contributed by atoms with Crippen molar-refractivity contribution in [2.45, 2.75) is 13.8 Å². The first-order chi connectivity index (χ1) is 7.57. The van der Waals surface area contributed by atoms with Crippen LogP contribution in [0.1, 0.15) is 19.4 Å². The summed E-state index contributed by atoms with van der Waals surface area (Å²) in [5.74, 6) is -0.339. The van der Waals surface area contributed by atoms with Crippen molar-refractivity contribution in [2.24, 2.45) is 0 Å². The normalized spacial score (nSPS) is 12.0. The van der Waals surface area contributed by atoms with Gasteiger partial charge in [-0.3, -0.25) is 0 Å². The van der Waals surface area contributed by atoms with Gasteiger partial charge in [-0.25, -0.2) is 4.79 Å². The molecule has 0 aliphatic heterocycles. The van der Waals surface area contributed by atoms with E-state index in [1.165, 1.54) is 0 Å². The predicted octanol–water partition coefficient (Wildman–Crippen LogP) is 4.03. The van der Waals surface area contributed by atoms with E-state index in [0.717, 1.165) is 5.56 Å². The highest BCUT2D eigenvalue weighted by Crippen LogP contribution is 2.31. The summed E-state index contributed by atoms with van der Waals surface area (Å²) in [4.78, 5) is 11.5. The van der Waals surface area contributed by atoms with Crippen LogP contribution in [-0.2, 0) is 9.53 Å². The van der Waals surface area contributed by atoms with Crippen LogP contribution in [0.15, 0.2) is 29.8 Å². The van der Waals surface area contributed by atoms with Crippen LogP contribution in [0.3, 0.4) is 0 Å². The van der Waals surface area contributed by atoms with Gasteiger partial charge in [0.25, 0.3) is 0 Å². The molecular weight excluding hydrogens is 291 g/mol. The third-order valence-corrected chi connectivity index (χ3v) is 3.37. The van der Waals surface area contributed by atoms with Gasteiger partial charge in [0, 0.05) is 20.6 Å². The van der Waals surface area contributed by atoms with Gasteiger partial charge in [0.1, 0.15) is 0 Å². The molecule has 1 rings (SSSR count). The Kier molecular flexibility index (Phi) is 5.03. The lowest BCUT2D eigenvalue weighted by atomic mass is 10.1. The van der Waals surface area contributed by atoms with Crippen LogP contribution < -0.4 is 0 Å². The van der Waals surface area contributed by atoms with Gasteiger partial charge in [-0.2, -0.15) is 0 Å². The van der Waals surface area contributed by atoms with Crippen molar-refractivity contribution in [3.8, 4) is 0 Å². The zero-order valence-corrected chi connectivity index (χ0v) is 11.4. The highest BCUT2D eigenvalue weighted by atomic mass is 79.9. The Bertz CT molecular complexity index is 427. The number of esters is 1. The second kappa shape index (κ2) is 6.06. The van der Waals surface area contributed by atoms with E-state index >= 15 is 0 Å². The molecule has 0 fully saturated rings. The minimum atomic E-state index is -0.339. The van der Waals surface area contributed by atoms with E-state index in [4.69, 9.17) is 16.3 Å². The van der Waals surface area contributed by atoms with Crippen LogP contribution in [-0.4, -0.2) is 12.6 Å². The number of ether oxygens (including phenoxy) is 1. The van der Waals surface area contributed by atoms with E-state index < -0.39 is 0 Å². The first-order valence-corrected chi connectivity index (χ1v) is 6.03. The molecule has 1 aromatic carbocycles. The summed E-state index contributed by atoms with van der Waals surface area (Å²) in [6.07, 6.45) is 0. The summed E-state index contributed by atoms with van der Waals surface area (Å²) in [5.41, 5.74) is 1.30. The molecule has 16 heavy (non-hydrogen) atoms. The number of rotatable bonds is 3. The van der Waals surface area contributed by atoms with Crippen LogP contribution in [0.5, 0.6) is 0 Å². The standard InChI is InChI=1S/C12H12BrClO2/c1-3-16-12(15)8(2)11(13)9-6-4-5-7-10(9)14/h4-7H,3H2,1-2H3/b11-8+. The fourth-order valence-electron chi connectivity index (χ4n) is 1.17. The second-order valence-electron chi connectivity index (χ2n) is 3.14. The fraction of sp³-hybridized carbons (Fsp3) is 0.250. The number of halogens is 2. The number of hydrogen-bond acceptors (Lipinski definition) is 2. The van der Waals surface area contributed by atoms with Gasteiger partial charge in [0.15, 0.2) is 0 Å². The molecule has 0 spiro atoms. The molecule has 0 N–H and O–H groups in total. The molecule has 0 bridgehead atoms. The first-order valence-electron chi connectivity index (χ1n) is 4.86. The number of carbonyl (C=O) groups excluding carboxylic acids is 1. The molecule has 0 atom stereocenters. The van der Waals surface area contributed by atoms with Crippen molar-refractivity contribution in [1.82, 2.24) is 0 Å². The van der Waals surface area contributed by atoms with E-state index in [1.807, 2.05) is 18.2 Å². The summed E-state index contributed by atoms with van der Waals surface area (Å²) in [6, 6.07) is 7.32. The molecule has 0 saturated carbocycles. The van der Waals surface area contributed by atoms with Crippen LogP contribution in [0, 0.1) is 0 Å². The zero-order chi connectivity index (χ0) is 12.1. The fourth-order valence-corrected chi connectivity index (χ4v) is 2.02. The zero-order valence-electron chi connectivity index (χ0n) is 9.09. The van der Waals surface area contributed by atoms with Crippen LogP contribution in [0.4, 0.5) is 0 Å². The summed E-state index contributed by atoms with van der Waals surface area (Å²) in [6.45, 7) is 3.83.